The first kappa shape index (κ1) is 13.4. The van der Waals surface area contributed by atoms with E-state index in [-0.39, 0.29) is 5.88 Å². The molecule has 100 valence electrons. The number of pyridine rings is 1. The van der Waals surface area contributed by atoms with Crippen molar-refractivity contribution in [3.8, 4) is 11.6 Å². The van der Waals surface area contributed by atoms with Gasteiger partial charge in [-0.05, 0) is 30.2 Å². The smallest absolute Gasteiger partial charge is 0.417 e. The van der Waals surface area contributed by atoms with Crippen LogP contribution >= 0.6 is 0 Å². The van der Waals surface area contributed by atoms with Crippen LogP contribution in [0.5, 0.6) is 11.6 Å². The van der Waals surface area contributed by atoms with E-state index >= 15 is 0 Å². The Morgan fingerprint density at radius 3 is 2.53 bits per heavy atom. The van der Waals surface area contributed by atoms with Gasteiger partial charge in [0.25, 0.3) is 0 Å². The molecule has 5 heteroatoms. The third-order valence-electron chi connectivity index (χ3n) is 2.59. The number of hydrogen-bond donors (Lipinski definition) is 0. The molecular formula is C14H12F3NO. The zero-order valence-corrected chi connectivity index (χ0v) is 10.2. The molecule has 0 spiro atoms. The molecule has 2 aromatic rings. The van der Waals surface area contributed by atoms with Crippen molar-refractivity contribution in [1.29, 1.82) is 0 Å². The summed E-state index contributed by atoms with van der Waals surface area (Å²) in [6, 6.07) is 9.51. The van der Waals surface area contributed by atoms with Gasteiger partial charge in [-0.1, -0.05) is 19.1 Å². The first-order chi connectivity index (χ1) is 8.99. The molecule has 2 rings (SSSR count). The molecule has 0 fully saturated rings. The molecule has 0 unspecified atom stereocenters. The van der Waals surface area contributed by atoms with Crippen LogP contribution in [0.2, 0.25) is 0 Å². The number of halogens is 3. The van der Waals surface area contributed by atoms with Gasteiger partial charge in [0.2, 0.25) is 5.88 Å². The summed E-state index contributed by atoms with van der Waals surface area (Å²) in [7, 11) is 0. The third-order valence-corrected chi connectivity index (χ3v) is 2.59. The Kier molecular flexibility index (Phi) is 3.74. The van der Waals surface area contributed by atoms with Gasteiger partial charge in [0.05, 0.1) is 5.56 Å². The van der Waals surface area contributed by atoms with Crippen LogP contribution in [0.4, 0.5) is 13.2 Å². The summed E-state index contributed by atoms with van der Waals surface area (Å²) in [5.41, 5.74) is 0.298. The molecule has 1 aromatic heterocycles. The maximum atomic E-state index is 12.4. The Labute approximate surface area is 108 Å². The van der Waals surface area contributed by atoms with E-state index in [1.165, 1.54) is 6.07 Å². The number of aromatic nitrogens is 1. The highest BCUT2D eigenvalue weighted by atomic mass is 19.4. The van der Waals surface area contributed by atoms with Gasteiger partial charge in [-0.25, -0.2) is 4.98 Å². The Morgan fingerprint density at radius 1 is 1.16 bits per heavy atom. The van der Waals surface area contributed by atoms with Crippen molar-refractivity contribution in [2.45, 2.75) is 19.5 Å². The van der Waals surface area contributed by atoms with E-state index in [1.807, 2.05) is 25.1 Å². The highest BCUT2D eigenvalue weighted by Gasteiger charge is 2.30. The number of nitrogens with zero attached hydrogens (tertiary/aromatic N) is 1. The molecule has 0 aliphatic carbocycles. The van der Waals surface area contributed by atoms with Crippen LogP contribution in [0.25, 0.3) is 0 Å². The van der Waals surface area contributed by atoms with Gasteiger partial charge in [-0.2, -0.15) is 13.2 Å². The summed E-state index contributed by atoms with van der Waals surface area (Å²) >= 11 is 0. The number of benzene rings is 1. The highest BCUT2D eigenvalue weighted by Crippen LogP contribution is 2.30. The summed E-state index contributed by atoms with van der Waals surface area (Å²) in [6.45, 7) is 2.01. The van der Waals surface area contributed by atoms with Crippen LogP contribution in [-0.4, -0.2) is 4.98 Å². The van der Waals surface area contributed by atoms with Gasteiger partial charge in [-0.15, -0.1) is 0 Å². The lowest BCUT2D eigenvalue weighted by Gasteiger charge is -2.08. The molecular weight excluding hydrogens is 255 g/mol. The molecule has 19 heavy (non-hydrogen) atoms. The minimum Gasteiger partial charge on any atom is -0.439 e. The van der Waals surface area contributed by atoms with E-state index in [0.717, 1.165) is 24.2 Å². The fourth-order valence-corrected chi connectivity index (χ4v) is 1.56. The van der Waals surface area contributed by atoms with Crippen LogP contribution in [-0.2, 0) is 12.6 Å². The molecule has 1 heterocycles. The van der Waals surface area contributed by atoms with Crippen LogP contribution in [0.15, 0.2) is 42.6 Å². The molecule has 0 saturated carbocycles. The lowest BCUT2D eigenvalue weighted by molar-refractivity contribution is -0.137. The van der Waals surface area contributed by atoms with E-state index < -0.39 is 11.7 Å². The minimum atomic E-state index is -4.38. The minimum absolute atomic E-state index is 0.140. The number of alkyl halides is 3. The Balaban J connectivity index is 2.15. The maximum absolute atomic E-state index is 12.4. The van der Waals surface area contributed by atoms with Crippen LogP contribution in [0.1, 0.15) is 18.1 Å². The van der Waals surface area contributed by atoms with E-state index in [4.69, 9.17) is 4.74 Å². The van der Waals surface area contributed by atoms with Crippen LogP contribution < -0.4 is 4.74 Å². The largest absolute Gasteiger partial charge is 0.439 e. The van der Waals surface area contributed by atoms with Crippen LogP contribution in [0.3, 0.4) is 0 Å². The van der Waals surface area contributed by atoms with E-state index in [9.17, 15) is 13.2 Å². The number of rotatable bonds is 3. The van der Waals surface area contributed by atoms with Crippen molar-refractivity contribution in [2.24, 2.45) is 0 Å². The van der Waals surface area contributed by atoms with Gasteiger partial charge in [0.1, 0.15) is 5.75 Å². The molecule has 2 nitrogen and oxygen atoms in total. The fourth-order valence-electron chi connectivity index (χ4n) is 1.56. The summed E-state index contributed by atoms with van der Waals surface area (Å²) in [6.07, 6.45) is -2.76. The number of hydrogen-bond acceptors (Lipinski definition) is 2. The predicted octanol–water partition coefficient (Wildman–Crippen LogP) is 4.46. The first-order valence-corrected chi connectivity index (χ1v) is 5.79. The second-order valence-electron chi connectivity index (χ2n) is 3.99. The average molecular weight is 267 g/mol. The third kappa shape index (κ3) is 3.47. The van der Waals surface area contributed by atoms with Crippen molar-refractivity contribution in [3.05, 3.63) is 53.7 Å². The fraction of sp³-hybridized carbons (Fsp3) is 0.214. The van der Waals surface area contributed by atoms with E-state index in [0.29, 0.717) is 5.75 Å². The van der Waals surface area contributed by atoms with Gasteiger partial charge in [0, 0.05) is 12.3 Å². The molecule has 1 aromatic carbocycles. The molecule has 0 bridgehead atoms. The summed E-state index contributed by atoms with van der Waals surface area (Å²) in [5, 5.41) is 0. The van der Waals surface area contributed by atoms with Crippen molar-refractivity contribution < 1.29 is 17.9 Å². The normalized spacial score (nSPS) is 11.4. The molecule has 0 N–H and O–H groups in total. The summed E-state index contributed by atoms with van der Waals surface area (Å²) < 4.78 is 42.5. The maximum Gasteiger partial charge on any atom is 0.417 e. The van der Waals surface area contributed by atoms with Crippen LogP contribution in [0, 0.1) is 0 Å². The Morgan fingerprint density at radius 2 is 1.95 bits per heavy atom. The lowest BCUT2D eigenvalue weighted by atomic mass is 10.2. The summed E-state index contributed by atoms with van der Waals surface area (Å²) in [4.78, 5) is 3.65. The zero-order chi connectivity index (χ0) is 13.9. The molecule has 0 radical (unpaired) electrons. The second kappa shape index (κ2) is 5.30. The topological polar surface area (TPSA) is 22.1 Å². The molecule has 0 amide bonds. The Bertz CT molecular complexity index is 549. The van der Waals surface area contributed by atoms with Crippen molar-refractivity contribution in [3.63, 3.8) is 0 Å². The Hall–Kier alpha value is -2.04. The second-order valence-corrected chi connectivity index (χ2v) is 3.99. The van der Waals surface area contributed by atoms with E-state index in [2.05, 4.69) is 4.98 Å². The van der Waals surface area contributed by atoms with E-state index in [1.54, 1.807) is 6.07 Å². The zero-order valence-electron chi connectivity index (χ0n) is 10.2. The lowest BCUT2D eigenvalue weighted by Crippen LogP contribution is -2.05. The van der Waals surface area contributed by atoms with Gasteiger partial charge < -0.3 is 4.74 Å². The summed E-state index contributed by atoms with van der Waals surface area (Å²) in [5.74, 6) is 0.702. The first-order valence-electron chi connectivity index (χ1n) is 5.79. The van der Waals surface area contributed by atoms with Gasteiger partial charge >= 0.3 is 6.18 Å². The van der Waals surface area contributed by atoms with Gasteiger partial charge in [0.15, 0.2) is 0 Å². The standard InChI is InChI=1S/C14H12F3NO/c1-2-10-4-3-5-12(8-10)19-13-7-6-11(9-18-13)14(15,16)17/h3-9H,2H2,1H3. The molecule has 0 aliphatic heterocycles. The monoisotopic (exact) mass is 267 g/mol. The van der Waals surface area contributed by atoms with Gasteiger partial charge in [-0.3, -0.25) is 0 Å². The SMILES string of the molecule is CCc1cccc(Oc2ccc(C(F)(F)F)cn2)c1. The molecule has 0 atom stereocenters. The van der Waals surface area contributed by atoms with Crippen molar-refractivity contribution in [1.82, 2.24) is 4.98 Å². The average Bonchev–Trinajstić information content (AvgIpc) is 2.38. The van der Waals surface area contributed by atoms with Crippen molar-refractivity contribution in [2.75, 3.05) is 0 Å². The highest BCUT2D eigenvalue weighted by molar-refractivity contribution is 5.32. The predicted molar refractivity (Wildman–Crippen MR) is 65.1 cm³/mol. The number of aryl methyl sites for hydroxylation is 1. The quantitative estimate of drug-likeness (QED) is 0.819. The molecule has 0 saturated heterocycles. The number of ether oxygens (including phenoxy) is 1. The van der Waals surface area contributed by atoms with Crippen molar-refractivity contribution >= 4 is 0 Å². The molecule has 0 aliphatic rings.